The fourth-order valence-corrected chi connectivity index (χ4v) is 2.12. The Balaban J connectivity index is 2.41. The molecular formula is C14H6F5N. The van der Waals surface area contributed by atoms with Gasteiger partial charge in [-0.15, -0.1) is 0 Å². The highest BCUT2D eigenvalue weighted by molar-refractivity contribution is 5.95. The van der Waals surface area contributed by atoms with E-state index in [0.29, 0.717) is 10.9 Å². The molecule has 20 heavy (non-hydrogen) atoms. The van der Waals surface area contributed by atoms with Crippen LogP contribution in [-0.4, -0.2) is 4.98 Å². The molecule has 1 aromatic heterocycles. The van der Waals surface area contributed by atoms with Gasteiger partial charge >= 0.3 is 0 Å². The average Bonchev–Trinajstić information content (AvgIpc) is 2.87. The first kappa shape index (κ1) is 12.7. The van der Waals surface area contributed by atoms with Crippen LogP contribution in [0.15, 0.2) is 30.5 Å². The van der Waals surface area contributed by atoms with Crippen LogP contribution in [0.5, 0.6) is 0 Å². The molecule has 0 atom stereocenters. The van der Waals surface area contributed by atoms with Crippen LogP contribution in [0, 0.1) is 29.1 Å². The van der Waals surface area contributed by atoms with E-state index in [0.717, 1.165) is 0 Å². The summed E-state index contributed by atoms with van der Waals surface area (Å²) < 4.78 is 67.0. The van der Waals surface area contributed by atoms with Gasteiger partial charge < -0.3 is 4.98 Å². The zero-order valence-corrected chi connectivity index (χ0v) is 9.78. The van der Waals surface area contributed by atoms with Crippen molar-refractivity contribution < 1.29 is 22.0 Å². The van der Waals surface area contributed by atoms with Crippen molar-refractivity contribution in [1.29, 1.82) is 0 Å². The van der Waals surface area contributed by atoms with Gasteiger partial charge in [0.25, 0.3) is 0 Å². The summed E-state index contributed by atoms with van der Waals surface area (Å²) >= 11 is 0. The van der Waals surface area contributed by atoms with E-state index in [9.17, 15) is 22.0 Å². The van der Waals surface area contributed by atoms with E-state index in [1.165, 1.54) is 12.3 Å². The molecule has 1 nitrogen and oxygen atoms in total. The molecule has 2 aromatic carbocycles. The third-order valence-electron chi connectivity index (χ3n) is 3.07. The summed E-state index contributed by atoms with van der Waals surface area (Å²) in [5.74, 6) is -9.76. The molecule has 0 spiro atoms. The number of hydrogen-bond donors (Lipinski definition) is 1. The van der Waals surface area contributed by atoms with Crippen molar-refractivity contribution in [3.8, 4) is 11.1 Å². The van der Waals surface area contributed by atoms with Crippen molar-refractivity contribution in [1.82, 2.24) is 4.98 Å². The molecule has 0 radical (unpaired) electrons. The molecule has 0 aliphatic carbocycles. The lowest BCUT2D eigenvalue weighted by atomic mass is 10.0. The summed E-state index contributed by atoms with van der Waals surface area (Å²) in [6, 6.07) is 6.44. The molecule has 6 heteroatoms. The molecular weight excluding hydrogens is 277 g/mol. The summed E-state index contributed by atoms with van der Waals surface area (Å²) in [5, 5.41) is 0.371. The van der Waals surface area contributed by atoms with Gasteiger partial charge in [-0.25, -0.2) is 22.0 Å². The van der Waals surface area contributed by atoms with Crippen LogP contribution in [0.4, 0.5) is 22.0 Å². The number of H-pyrrole nitrogens is 1. The van der Waals surface area contributed by atoms with Gasteiger partial charge in [0.15, 0.2) is 23.3 Å². The number of para-hydroxylation sites is 1. The average molecular weight is 283 g/mol. The van der Waals surface area contributed by atoms with Gasteiger partial charge in [0, 0.05) is 22.7 Å². The Morgan fingerprint density at radius 1 is 0.700 bits per heavy atom. The summed E-state index contributed by atoms with van der Waals surface area (Å²) in [6.45, 7) is 0. The third kappa shape index (κ3) is 1.61. The highest BCUT2D eigenvalue weighted by Crippen LogP contribution is 2.35. The quantitative estimate of drug-likeness (QED) is 0.383. The number of nitrogens with one attached hydrogen (secondary N) is 1. The molecule has 0 unspecified atom stereocenters. The van der Waals surface area contributed by atoms with Crippen molar-refractivity contribution in [2.24, 2.45) is 0 Å². The standard InChI is InChI=1S/C14H6F5N/c15-10-9(11(16)13(18)14(19)12(10)17)7-5-20-8-4-2-1-3-6(7)8/h1-5,20H. The first-order chi connectivity index (χ1) is 9.52. The fraction of sp³-hybridized carbons (Fsp3) is 0. The molecule has 0 bridgehead atoms. The molecule has 0 amide bonds. The molecule has 1 N–H and O–H groups in total. The number of benzene rings is 2. The molecule has 3 aromatic rings. The minimum atomic E-state index is -2.16. The zero-order chi connectivity index (χ0) is 14.4. The second-order valence-corrected chi connectivity index (χ2v) is 4.19. The first-order valence-corrected chi connectivity index (χ1v) is 5.60. The van der Waals surface area contributed by atoms with Crippen LogP contribution in [0.1, 0.15) is 0 Å². The van der Waals surface area contributed by atoms with Crippen LogP contribution in [0.25, 0.3) is 22.0 Å². The SMILES string of the molecule is Fc1c(F)c(F)c(-c2c[nH]c3ccccc23)c(F)c1F. The van der Waals surface area contributed by atoms with E-state index in [1.807, 2.05) is 0 Å². The van der Waals surface area contributed by atoms with Gasteiger partial charge in [-0.3, -0.25) is 0 Å². The number of aromatic amines is 1. The van der Waals surface area contributed by atoms with Gasteiger partial charge in [-0.05, 0) is 6.07 Å². The minimum Gasteiger partial charge on any atom is -0.361 e. The van der Waals surface area contributed by atoms with Gasteiger partial charge in [-0.2, -0.15) is 0 Å². The molecule has 0 saturated carbocycles. The van der Waals surface area contributed by atoms with Gasteiger partial charge in [-0.1, -0.05) is 18.2 Å². The maximum Gasteiger partial charge on any atom is 0.200 e. The fourth-order valence-electron chi connectivity index (χ4n) is 2.12. The monoisotopic (exact) mass is 283 g/mol. The third-order valence-corrected chi connectivity index (χ3v) is 3.07. The van der Waals surface area contributed by atoms with E-state index in [2.05, 4.69) is 4.98 Å². The summed E-state index contributed by atoms with van der Waals surface area (Å²) in [7, 11) is 0. The van der Waals surface area contributed by atoms with E-state index in [4.69, 9.17) is 0 Å². The van der Waals surface area contributed by atoms with Gasteiger partial charge in [0.2, 0.25) is 5.82 Å². The van der Waals surface area contributed by atoms with Crippen LogP contribution in [0.2, 0.25) is 0 Å². The van der Waals surface area contributed by atoms with Crippen LogP contribution in [0.3, 0.4) is 0 Å². The normalized spacial score (nSPS) is 11.2. The van der Waals surface area contributed by atoms with E-state index < -0.39 is 34.6 Å². The van der Waals surface area contributed by atoms with E-state index in [1.54, 1.807) is 18.2 Å². The van der Waals surface area contributed by atoms with E-state index in [-0.39, 0.29) is 5.56 Å². The number of rotatable bonds is 1. The Labute approximate surface area is 109 Å². The molecule has 0 saturated heterocycles. The number of halogens is 5. The van der Waals surface area contributed by atoms with Crippen molar-refractivity contribution in [2.45, 2.75) is 0 Å². The molecule has 0 fully saturated rings. The second kappa shape index (κ2) is 4.33. The Morgan fingerprint density at radius 3 is 1.90 bits per heavy atom. The number of aromatic nitrogens is 1. The summed E-state index contributed by atoms with van der Waals surface area (Å²) in [4.78, 5) is 2.72. The molecule has 0 aliphatic rings. The highest BCUT2D eigenvalue weighted by Gasteiger charge is 2.27. The Hall–Kier alpha value is -2.37. The summed E-state index contributed by atoms with van der Waals surface area (Å²) in [6.07, 6.45) is 1.21. The Bertz CT molecular complexity index is 793. The van der Waals surface area contributed by atoms with Crippen molar-refractivity contribution in [3.63, 3.8) is 0 Å². The largest absolute Gasteiger partial charge is 0.361 e. The Morgan fingerprint density at radius 2 is 1.25 bits per heavy atom. The predicted molar refractivity (Wildman–Crippen MR) is 63.5 cm³/mol. The zero-order valence-electron chi connectivity index (χ0n) is 9.78. The molecule has 102 valence electrons. The first-order valence-electron chi connectivity index (χ1n) is 5.60. The predicted octanol–water partition coefficient (Wildman–Crippen LogP) is 4.53. The lowest BCUT2D eigenvalue weighted by Gasteiger charge is -2.07. The molecule has 3 rings (SSSR count). The smallest absolute Gasteiger partial charge is 0.200 e. The summed E-state index contributed by atoms with van der Waals surface area (Å²) in [5.41, 5.74) is -0.473. The van der Waals surface area contributed by atoms with Crippen molar-refractivity contribution in [2.75, 3.05) is 0 Å². The van der Waals surface area contributed by atoms with Crippen molar-refractivity contribution >= 4 is 10.9 Å². The number of hydrogen-bond acceptors (Lipinski definition) is 0. The minimum absolute atomic E-state index is 0.0756. The topological polar surface area (TPSA) is 15.8 Å². The molecule has 0 aliphatic heterocycles. The lowest BCUT2D eigenvalue weighted by molar-refractivity contribution is 0.381. The maximum atomic E-state index is 13.8. The molecule has 1 heterocycles. The van der Waals surface area contributed by atoms with Crippen LogP contribution >= 0.6 is 0 Å². The maximum absolute atomic E-state index is 13.8. The second-order valence-electron chi connectivity index (χ2n) is 4.19. The number of fused-ring (bicyclic) bond motifs is 1. The van der Waals surface area contributed by atoms with Crippen molar-refractivity contribution in [3.05, 3.63) is 59.5 Å². The van der Waals surface area contributed by atoms with E-state index >= 15 is 0 Å². The lowest BCUT2D eigenvalue weighted by Crippen LogP contribution is -2.03. The van der Waals surface area contributed by atoms with Crippen LogP contribution in [-0.2, 0) is 0 Å². The Kier molecular flexibility index (Phi) is 2.74. The van der Waals surface area contributed by atoms with Crippen LogP contribution < -0.4 is 0 Å². The van der Waals surface area contributed by atoms with Gasteiger partial charge in [0.05, 0.1) is 5.56 Å². The highest BCUT2D eigenvalue weighted by atomic mass is 19.2. The van der Waals surface area contributed by atoms with Gasteiger partial charge in [0.1, 0.15) is 0 Å².